The molecule has 0 saturated heterocycles. The Morgan fingerprint density at radius 1 is 1.19 bits per heavy atom. The topological polar surface area (TPSA) is 39.7 Å². The second-order valence-corrected chi connectivity index (χ2v) is 6.64. The monoisotopic (exact) mass is 290 g/mol. The number of hydrogen-bond donors (Lipinski definition) is 2. The van der Waals surface area contributed by atoms with Gasteiger partial charge in [-0.1, -0.05) is 30.3 Å². The number of benzene rings is 1. The van der Waals surface area contributed by atoms with Crippen LogP contribution in [0.3, 0.4) is 0 Å². The fourth-order valence-electron chi connectivity index (χ4n) is 2.07. The van der Waals surface area contributed by atoms with Crippen LogP contribution in [0.5, 0.6) is 0 Å². The zero-order chi connectivity index (χ0) is 15.9. The summed E-state index contributed by atoms with van der Waals surface area (Å²) in [7, 11) is 6.05. The minimum Gasteiger partial charge on any atom is -0.355 e. The van der Waals surface area contributed by atoms with Crippen LogP contribution in [0, 0.1) is 0 Å². The van der Waals surface area contributed by atoms with Gasteiger partial charge >= 0.3 is 0 Å². The van der Waals surface area contributed by atoms with Crippen molar-refractivity contribution in [1.82, 2.24) is 15.5 Å². The number of hydrogen-bond acceptors (Lipinski definition) is 2. The molecule has 0 aliphatic heterocycles. The Morgan fingerprint density at radius 3 is 2.29 bits per heavy atom. The summed E-state index contributed by atoms with van der Waals surface area (Å²) in [6, 6.07) is 11.0. The van der Waals surface area contributed by atoms with E-state index < -0.39 is 0 Å². The van der Waals surface area contributed by atoms with Crippen molar-refractivity contribution in [2.24, 2.45) is 4.99 Å². The lowest BCUT2D eigenvalue weighted by Crippen LogP contribution is -2.51. The molecule has 1 aromatic rings. The Hall–Kier alpha value is -1.55. The van der Waals surface area contributed by atoms with Crippen LogP contribution in [-0.2, 0) is 6.42 Å². The van der Waals surface area contributed by atoms with Gasteiger partial charge in [-0.2, -0.15) is 0 Å². The van der Waals surface area contributed by atoms with Crippen LogP contribution in [0.4, 0.5) is 0 Å². The molecule has 0 heterocycles. The minimum atomic E-state index is 0.00882. The van der Waals surface area contributed by atoms with E-state index in [-0.39, 0.29) is 5.54 Å². The summed E-state index contributed by atoms with van der Waals surface area (Å²) in [5.41, 5.74) is 1.37. The van der Waals surface area contributed by atoms with Crippen molar-refractivity contribution in [3.8, 4) is 0 Å². The Bertz CT molecular complexity index is 432. The molecule has 0 bridgehead atoms. The van der Waals surface area contributed by atoms with Gasteiger partial charge in [0, 0.05) is 25.2 Å². The van der Waals surface area contributed by atoms with E-state index >= 15 is 0 Å². The SMILES string of the molecule is CN=C(NCC(Cc1ccccc1)N(C)C)NC(C)(C)C. The predicted molar refractivity (Wildman–Crippen MR) is 91.9 cm³/mol. The van der Waals surface area contributed by atoms with Gasteiger partial charge in [0.05, 0.1) is 0 Å². The van der Waals surface area contributed by atoms with Crippen molar-refractivity contribution in [3.05, 3.63) is 35.9 Å². The van der Waals surface area contributed by atoms with Crippen molar-refractivity contribution >= 4 is 5.96 Å². The Labute approximate surface area is 129 Å². The fourth-order valence-corrected chi connectivity index (χ4v) is 2.07. The molecule has 0 spiro atoms. The highest BCUT2D eigenvalue weighted by molar-refractivity contribution is 5.80. The number of nitrogens with one attached hydrogen (secondary N) is 2. The van der Waals surface area contributed by atoms with E-state index in [0.717, 1.165) is 18.9 Å². The molecule has 0 amide bonds. The number of nitrogens with zero attached hydrogens (tertiary/aromatic N) is 2. The van der Waals surface area contributed by atoms with Gasteiger partial charge in [-0.15, -0.1) is 0 Å². The third kappa shape index (κ3) is 7.14. The minimum absolute atomic E-state index is 0.00882. The summed E-state index contributed by atoms with van der Waals surface area (Å²) in [6.45, 7) is 7.26. The van der Waals surface area contributed by atoms with Crippen molar-refractivity contribution in [3.63, 3.8) is 0 Å². The Morgan fingerprint density at radius 2 is 1.81 bits per heavy atom. The zero-order valence-electron chi connectivity index (χ0n) is 14.3. The van der Waals surface area contributed by atoms with Gasteiger partial charge in [-0.05, 0) is 46.9 Å². The van der Waals surface area contributed by atoms with Gasteiger partial charge in [-0.3, -0.25) is 4.99 Å². The van der Waals surface area contributed by atoms with E-state index in [1.165, 1.54) is 5.56 Å². The molecule has 0 radical (unpaired) electrons. The van der Waals surface area contributed by atoms with Gasteiger partial charge < -0.3 is 15.5 Å². The van der Waals surface area contributed by atoms with Crippen LogP contribution in [0.15, 0.2) is 35.3 Å². The van der Waals surface area contributed by atoms with E-state index in [2.05, 4.69) is 85.7 Å². The van der Waals surface area contributed by atoms with E-state index in [9.17, 15) is 0 Å². The normalized spacial score (nSPS) is 14.1. The largest absolute Gasteiger partial charge is 0.355 e. The fraction of sp³-hybridized carbons (Fsp3) is 0.588. The first-order chi connectivity index (χ1) is 9.81. The summed E-state index contributed by atoms with van der Waals surface area (Å²) >= 11 is 0. The molecule has 0 aromatic heterocycles. The molecule has 1 unspecified atom stereocenters. The van der Waals surface area contributed by atoms with Crippen molar-refractivity contribution < 1.29 is 0 Å². The van der Waals surface area contributed by atoms with Gasteiger partial charge in [0.25, 0.3) is 0 Å². The Balaban J connectivity index is 2.59. The van der Waals surface area contributed by atoms with Crippen molar-refractivity contribution in [2.45, 2.75) is 38.8 Å². The first-order valence-electron chi connectivity index (χ1n) is 7.51. The van der Waals surface area contributed by atoms with Gasteiger partial charge in [-0.25, -0.2) is 0 Å². The molecule has 4 heteroatoms. The highest BCUT2D eigenvalue weighted by Gasteiger charge is 2.15. The second kappa shape index (κ2) is 8.03. The quantitative estimate of drug-likeness (QED) is 0.644. The lowest BCUT2D eigenvalue weighted by atomic mass is 10.1. The third-order valence-corrected chi connectivity index (χ3v) is 3.27. The maximum absolute atomic E-state index is 4.29. The summed E-state index contributed by atoms with van der Waals surface area (Å²) in [6.07, 6.45) is 1.02. The highest BCUT2D eigenvalue weighted by atomic mass is 15.2. The maximum atomic E-state index is 4.29. The molecular weight excluding hydrogens is 260 g/mol. The Kier molecular flexibility index (Phi) is 6.69. The molecule has 118 valence electrons. The smallest absolute Gasteiger partial charge is 0.191 e. The van der Waals surface area contributed by atoms with Crippen LogP contribution < -0.4 is 10.6 Å². The first kappa shape index (κ1) is 17.5. The van der Waals surface area contributed by atoms with Crippen LogP contribution in [-0.4, -0.2) is 50.1 Å². The maximum Gasteiger partial charge on any atom is 0.191 e. The van der Waals surface area contributed by atoms with Gasteiger partial charge in [0.1, 0.15) is 0 Å². The highest BCUT2D eigenvalue weighted by Crippen LogP contribution is 2.06. The molecule has 0 aliphatic rings. The summed E-state index contributed by atoms with van der Waals surface area (Å²) < 4.78 is 0. The standard InChI is InChI=1S/C17H30N4/c1-17(2,3)20-16(18-4)19-13-15(21(5)6)12-14-10-8-7-9-11-14/h7-11,15H,12-13H2,1-6H3,(H2,18,19,20). The summed E-state index contributed by atoms with van der Waals surface area (Å²) in [5.74, 6) is 0.849. The van der Waals surface area contributed by atoms with E-state index in [1.54, 1.807) is 0 Å². The van der Waals surface area contributed by atoms with Gasteiger partial charge in [0.15, 0.2) is 5.96 Å². The van der Waals surface area contributed by atoms with Crippen LogP contribution in [0.25, 0.3) is 0 Å². The molecule has 1 rings (SSSR count). The lowest BCUT2D eigenvalue weighted by molar-refractivity contribution is 0.289. The molecule has 1 aromatic carbocycles. The average molecular weight is 290 g/mol. The first-order valence-corrected chi connectivity index (χ1v) is 7.51. The van der Waals surface area contributed by atoms with E-state index in [0.29, 0.717) is 6.04 Å². The van der Waals surface area contributed by atoms with Crippen LogP contribution in [0.2, 0.25) is 0 Å². The number of aliphatic imine (C=N–C) groups is 1. The predicted octanol–water partition coefficient (Wildman–Crippen LogP) is 2.12. The molecule has 0 fully saturated rings. The molecule has 21 heavy (non-hydrogen) atoms. The van der Waals surface area contributed by atoms with Crippen molar-refractivity contribution in [2.75, 3.05) is 27.7 Å². The van der Waals surface area contributed by atoms with Crippen LogP contribution in [0.1, 0.15) is 26.3 Å². The summed E-state index contributed by atoms with van der Waals surface area (Å²) in [4.78, 5) is 6.54. The number of guanidine groups is 1. The molecular formula is C17H30N4. The van der Waals surface area contributed by atoms with E-state index in [1.807, 2.05) is 7.05 Å². The molecule has 2 N–H and O–H groups in total. The molecule has 0 aliphatic carbocycles. The molecule has 4 nitrogen and oxygen atoms in total. The zero-order valence-corrected chi connectivity index (χ0v) is 14.3. The van der Waals surface area contributed by atoms with Crippen molar-refractivity contribution in [1.29, 1.82) is 0 Å². The molecule has 1 atom stereocenters. The average Bonchev–Trinajstić information content (AvgIpc) is 2.41. The number of likely N-dealkylation sites (N-methyl/N-ethyl adjacent to an activating group) is 1. The molecule has 0 saturated carbocycles. The van der Waals surface area contributed by atoms with E-state index in [4.69, 9.17) is 0 Å². The third-order valence-electron chi connectivity index (χ3n) is 3.27. The lowest BCUT2D eigenvalue weighted by Gasteiger charge is -2.28. The van der Waals surface area contributed by atoms with Gasteiger partial charge in [0.2, 0.25) is 0 Å². The van der Waals surface area contributed by atoms with Crippen LogP contribution >= 0.6 is 0 Å². The second-order valence-electron chi connectivity index (χ2n) is 6.64. The summed E-state index contributed by atoms with van der Waals surface area (Å²) in [5, 5.41) is 6.81. The number of rotatable bonds is 5.